The second kappa shape index (κ2) is 11.7. The largest absolute Gasteiger partial charge is 0.134 e. The molecule has 5 rings (SSSR count). The van der Waals surface area contributed by atoms with Crippen LogP contribution in [0.2, 0.25) is 0 Å². The van der Waals surface area contributed by atoms with Crippen LogP contribution in [0.5, 0.6) is 0 Å². The minimum absolute atomic E-state index is 0.0785. The van der Waals surface area contributed by atoms with Crippen LogP contribution in [0.25, 0.3) is 0 Å². The van der Waals surface area contributed by atoms with Crippen LogP contribution in [0.4, 0.5) is 0 Å². The Morgan fingerprint density at radius 2 is 1.87 bits per heavy atom. The minimum atomic E-state index is 0.0785. The molecule has 5 unspecified atom stereocenters. The zero-order valence-corrected chi connectivity index (χ0v) is 25.3. The van der Waals surface area contributed by atoms with Crippen LogP contribution < -0.4 is 0 Å². The van der Waals surface area contributed by atoms with Gasteiger partial charge >= 0.3 is 0 Å². The molecule has 0 heterocycles. The predicted molar refractivity (Wildman–Crippen MR) is 168 cm³/mol. The fourth-order valence-corrected chi connectivity index (χ4v) is 8.74. The van der Waals surface area contributed by atoms with Crippen molar-refractivity contribution in [3.05, 3.63) is 99.3 Å². The van der Waals surface area contributed by atoms with E-state index >= 15 is 0 Å². The quantitative estimate of drug-likeness (QED) is 0.225. The molecular weight excluding hydrogens is 476 g/mol. The molecule has 0 aromatic carbocycles. The summed E-state index contributed by atoms with van der Waals surface area (Å²) in [4.78, 5) is 1.65. The lowest BCUT2D eigenvalue weighted by molar-refractivity contribution is 0.217. The van der Waals surface area contributed by atoms with Gasteiger partial charge in [-0.15, -0.1) is 17.5 Å². The van der Waals surface area contributed by atoms with Gasteiger partial charge in [0.1, 0.15) is 0 Å². The third-order valence-electron chi connectivity index (χ3n) is 10.4. The Morgan fingerprint density at radius 3 is 2.50 bits per heavy atom. The number of allylic oxidation sites excluding steroid dienone is 15. The first-order valence-corrected chi connectivity index (χ1v) is 16.4. The van der Waals surface area contributed by atoms with Crippen LogP contribution >= 0.6 is 11.8 Å². The van der Waals surface area contributed by atoms with Crippen LogP contribution in [0.1, 0.15) is 91.9 Å². The van der Waals surface area contributed by atoms with Crippen molar-refractivity contribution in [3.63, 3.8) is 0 Å². The maximum Gasteiger partial charge on any atom is 0.0236 e. The van der Waals surface area contributed by atoms with Crippen molar-refractivity contribution in [2.45, 2.75) is 91.9 Å². The van der Waals surface area contributed by atoms with E-state index in [1.54, 1.807) is 32.8 Å². The highest BCUT2D eigenvalue weighted by Gasteiger charge is 2.44. The monoisotopic (exact) mass is 524 g/mol. The summed E-state index contributed by atoms with van der Waals surface area (Å²) in [6.45, 7) is 9.36. The van der Waals surface area contributed by atoms with Crippen molar-refractivity contribution in [2.24, 2.45) is 28.6 Å². The Hall–Kier alpha value is -1.95. The van der Waals surface area contributed by atoms with Gasteiger partial charge in [0.15, 0.2) is 0 Å². The third kappa shape index (κ3) is 5.02. The van der Waals surface area contributed by atoms with Gasteiger partial charge in [0, 0.05) is 17.8 Å². The Balaban J connectivity index is 1.53. The predicted octanol–water partition coefficient (Wildman–Crippen LogP) is 11.0. The van der Waals surface area contributed by atoms with Crippen LogP contribution in [-0.4, -0.2) is 6.26 Å². The van der Waals surface area contributed by atoms with Gasteiger partial charge in [-0.05, 0) is 135 Å². The smallest absolute Gasteiger partial charge is 0.0236 e. The average Bonchev–Trinajstić information content (AvgIpc) is 3.47. The Labute approximate surface area is 237 Å². The van der Waals surface area contributed by atoms with Crippen molar-refractivity contribution in [1.29, 1.82) is 0 Å². The summed E-state index contributed by atoms with van der Waals surface area (Å²) < 4.78 is 0. The second-order valence-corrected chi connectivity index (χ2v) is 13.4. The molecule has 0 fully saturated rings. The van der Waals surface area contributed by atoms with E-state index < -0.39 is 0 Å². The highest BCUT2D eigenvalue weighted by atomic mass is 32.2. The van der Waals surface area contributed by atoms with Crippen molar-refractivity contribution in [3.8, 4) is 0 Å². The molecular formula is C37H48S. The lowest BCUT2D eigenvalue weighted by atomic mass is 9.60. The van der Waals surface area contributed by atoms with E-state index in [9.17, 15) is 0 Å². The molecule has 5 aliphatic rings. The van der Waals surface area contributed by atoms with E-state index in [1.165, 1.54) is 57.8 Å². The second-order valence-electron chi connectivity index (χ2n) is 12.5. The molecule has 0 aromatic rings. The maximum absolute atomic E-state index is 3.64. The maximum atomic E-state index is 3.64. The number of rotatable bonds is 8. The molecule has 0 aliphatic heterocycles. The molecule has 0 saturated carbocycles. The summed E-state index contributed by atoms with van der Waals surface area (Å²) in [5, 5.41) is 0. The molecule has 5 aliphatic carbocycles. The van der Waals surface area contributed by atoms with Gasteiger partial charge in [0.05, 0.1) is 0 Å². The number of thioether (sulfide) groups is 1. The van der Waals surface area contributed by atoms with E-state index in [0.717, 1.165) is 6.42 Å². The molecule has 0 amide bonds. The molecule has 0 bridgehead atoms. The summed E-state index contributed by atoms with van der Waals surface area (Å²) >= 11 is 1.99. The van der Waals surface area contributed by atoms with E-state index in [-0.39, 0.29) is 10.8 Å². The molecule has 0 radical (unpaired) electrons. The molecule has 1 heteroatoms. The normalized spacial score (nSPS) is 34.1. The first-order valence-electron chi connectivity index (χ1n) is 15.2. The van der Waals surface area contributed by atoms with Gasteiger partial charge in [0.2, 0.25) is 0 Å². The molecule has 0 aromatic heterocycles. The van der Waals surface area contributed by atoms with Crippen molar-refractivity contribution < 1.29 is 0 Å². The highest BCUT2D eigenvalue weighted by molar-refractivity contribution is 8.02. The fraction of sp³-hybridized carbons (Fsp3) is 0.541. The first kappa shape index (κ1) is 27.6. The molecule has 0 nitrogen and oxygen atoms in total. The first-order chi connectivity index (χ1) is 18.4. The van der Waals surface area contributed by atoms with E-state index in [4.69, 9.17) is 0 Å². The van der Waals surface area contributed by atoms with E-state index in [0.29, 0.717) is 17.8 Å². The zero-order valence-electron chi connectivity index (χ0n) is 24.5. The zero-order chi connectivity index (χ0) is 26.8. The van der Waals surface area contributed by atoms with Gasteiger partial charge < -0.3 is 0 Å². The molecule has 202 valence electrons. The number of hydrogen-bond donors (Lipinski definition) is 0. The molecule has 38 heavy (non-hydrogen) atoms. The van der Waals surface area contributed by atoms with Gasteiger partial charge in [-0.3, -0.25) is 0 Å². The standard InChI is InChI=1S/C37H48S/c1-6-12-28-25-32(26-34(28)33-18-10-19-35(33)38-5)36(4,21-7-2)31-20-23-37(29-14-8-15-29,30-16-9-17-30)22-11-13-27(3)24-31/h6-9,12,14,20-21,23-24,29,31-32H,10-11,13,15-16,18-19,22,25-26H2,1-5H3/b12-6?,21-7-,23-20+,27-24?. The lowest BCUT2D eigenvalue weighted by Gasteiger charge is -2.43. The van der Waals surface area contributed by atoms with Crippen LogP contribution in [0.3, 0.4) is 0 Å². The molecule has 0 N–H and O–H groups in total. The van der Waals surface area contributed by atoms with Crippen LogP contribution in [0, 0.1) is 28.6 Å². The average molecular weight is 525 g/mol. The summed E-state index contributed by atoms with van der Waals surface area (Å²) in [6.07, 6.45) is 39.2. The summed E-state index contributed by atoms with van der Waals surface area (Å²) in [5.41, 5.74) is 12.0. The molecule has 0 spiro atoms. The Morgan fingerprint density at radius 1 is 1.05 bits per heavy atom. The summed E-state index contributed by atoms with van der Waals surface area (Å²) in [5.74, 6) is 1.65. The third-order valence-corrected chi connectivity index (χ3v) is 11.3. The molecule has 0 saturated heterocycles. The summed E-state index contributed by atoms with van der Waals surface area (Å²) in [7, 11) is 0. The highest BCUT2D eigenvalue weighted by Crippen LogP contribution is 2.55. The van der Waals surface area contributed by atoms with Crippen molar-refractivity contribution >= 4 is 11.8 Å². The fourth-order valence-electron chi connectivity index (χ4n) is 7.92. The topological polar surface area (TPSA) is 0 Å². The SMILES string of the molecule is CC=CC1=C(C2=C(SC)CCC2)CC(C(C)(/C=C\C)C2C=C(C)CCCC(C3=C=CC3)(C3C=CC3)/C=C/2)C1. The van der Waals surface area contributed by atoms with Gasteiger partial charge in [-0.25, -0.2) is 0 Å². The van der Waals surface area contributed by atoms with Crippen molar-refractivity contribution in [2.75, 3.05) is 6.26 Å². The Bertz CT molecular complexity index is 1200. The van der Waals surface area contributed by atoms with Gasteiger partial charge in [0.25, 0.3) is 0 Å². The molecule has 5 atom stereocenters. The van der Waals surface area contributed by atoms with Crippen molar-refractivity contribution in [1.82, 2.24) is 0 Å². The minimum Gasteiger partial charge on any atom is -0.134 e. The van der Waals surface area contributed by atoms with Gasteiger partial charge in [-0.2, -0.15) is 0 Å². The Kier molecular flexibility index (Phi) is 8.47. The van der Waals surface area contributed by atoms with E-state index in [2.05, 4.69) is 100 Å². The van der Waals surface area contributed by atoms with Crippen LogP contribution in [0.15, 0.2) is 99.3 Å². The van der Waals surface area contributed by atoms with Gasteiger partial charge in [-0.1, -0.05) is 67.2 Å². The summed E-state index contributed by atoms with van der Waals surface area (Å²) in [6, 6.07) is 0. The van der Waals surface area contributed by atoms with Crippen LogP contribution in [-0.2, 0) is 0 Å². The van der Waals surface area contributed by atoms with E-state index in [1.807, 2.05) is 11.8 Å². The number of hydrogen-bond acceptors (Lipinski definition) is 1. The lowest BCUT2D eigenvalue weighted by Crippen LogP contribution is -2.35.